The number of benzene rings is 1. The van der Waals surface area contributed by atoms with Crippen LogP contribution < -0.4 is 4.74 Å². The summed E-state index contributed by atoms with van der Waals surface area (Å²) in [4.78, 5) is 11.9. The molecule has 0 saturated heterocycles. The van der Waals surface area contributed by atoms with Gasteiger partial charge in [0.25, 0.3) is 0 Å². The molecule has 0 aliphatic carbocycles. The van der Waals surface area contributed by atoms with Crippen molar-refractivity contribution in [2.75, 3.05) is 19.6 Å². The molecule has 0 bridgehead atoms. The van der Waals surface area contributed by atoms with Gasteiger partial charge in [-0.2, -0.15) is 0 Å². The van der Waals surface area contributed by atoms with E-state index in [1.807, 2.05) is 0 Å². The molecule has 0 aliphatic heterocycles. The Hall–Kier alpha value is -0.910. The Bertz CT molecular complexity index is 428. The molecule has 3 nitrogen and oxygen atoms in total. The van der Waals surface area contributed by atoms with E-state index in [0.717, 1.165) is 0 Å². The first-order chi connectivity index (χ1) is 8.08. The Balaban J connectivity index is 2.96. The molecular formula is C12H14O3S2. The first kappa shape index (κ1) is 14.2. The lowest BCUT2D eigenvalue weighted by Gasteiger charge is -2.06. The summed E-state index contributed by atoms with van der Waals surface area (Å²) in [6, 6.07) is 6.89. The number of rotatable bonds is 5. The van der Waals surface area contributed by atoms with Gasteiger partial charge in [0.2, 0.25) is 0 Å². The van der Waals surface area contributed by atoms with Gasteiger partial charge < -0.3 is 9.29 Å². The van der Waals surface area contributed by atoms with Crippen LogP contribution in [0.25, 0.3) is 0 Å². The van der Waals surface area contributed by atoms with E-state index in [9.17, 15) is 9.35 Å². The van der Waals surface area contributed by atoms with Gasteiger partial charge in [-0.05, 0) is 29.6 Å². The van der Waals surface area contributed by atoms with E-state index in [1.165, 1.54) is 17.8 Å². The van der Waals surface area contributed by atoms with Gasteiger partial charge in [-0.15, -0.1) is 0 Å². The van der Waals surface area contributed by atoms with Crippen molar-refractivity contribution in [2.24, 2.45) is 0 Å². The fourth-order valence-electron chi connectivity index (χ4n) is 1.23. The van der Waals surface area contributed by atoms with Crippen LogP contribution in [-0.4, -0.2) is 30.0 Å². The smallest absolute Gasteiger partial charge is 0.191 e. The summed E-state index contributed by atoms with van der Waals surface area (Å²) in [7, 11) is 1.55. The van der Waals surface area contributed by atoms with Crippen LogP contribution in [0, 0.1) is 0 Å². The number of carbonyl (C=O) groups is 1. The van der Waals surface area contributed by atoms with E-state index in [4.69, 9.17) is 4.74 Å². The third-order valence-corrected chi connectivity index (χ3v) is 4.50. The maximum atomic E-state index is 11.9. The maximum absolute atomic E-state index is 11.9. The van der Waals surface area contributed by atoms with Crippen LogP contribution in [0.2, 0.25) is 0 Å². The van der Waals surface area contributed by atoms with Crippen molar-refractivity contribution in [2.45, 2.75) is 0 Å². The second-order valence-electron chi connectivity index (χ2n) is 3.22. The van der Waals surface area contributed by atoms with Gasteiger partial charge in [0.15, 0.2) is 10.0 Å². The summed E-state index contributed by atoms with van der Waals surface area (Å²) in [5, 5.41) is 0. The van der Waals surface area contributed by atoms with Crippen LogP contribution >= 0.6 is 11.8 Å². The minimum Gasteiger partial charge on any atom is -0.611 e. The van der Waals surface area contributed by atoms with E-state index >= 15 is 0 Å². The molecule has 0 spiro atoms. The molecule has 0 amide bonds. The SMILES string of the molecule is COc1cccc(C(=O)C=C(SC)[S+](C)[O-])c1. The van der Waals surface area contributed by atoms with Crippen molar-refractivity contribution >= 4 is 28.7 Å². The first-order valence-corrected chi connectivity index (χ1v) is 7.64. The molecule has 0 aliphatic rings. The van der Waals surface area contributed by atoms with E-state index in [1.54, 1.807) is 43.9 Å². The molecule has 5 heteroatoms. The van der Waals surface area contributed by atoms with Crippen LogP contribution in [0.3, 0.4) is 0 Å². The Morgan fingerprint density at radius 3 is 2.76 bits per heavy atom. The molecule has 0 aromatic heterocycles. The summed E-state index contributed by atoms with van der Waals surface area (Å²) < 4.78 is 16.9. The highest BCUT2D eigenvalue weighted by Crippen LogP contribution is 2.20. The molecule has 1 unspecified atom stereocenters. The predicted octanol–water partition coefficient (Wildman–Crippen LogP) is 2.46. The normalized spacial score (nSPS) is 13.3. The van der Waals surface area contributed by atoms with Crippen LogP contribution in [0.4, 0.5) is 0 Å². The summed E-state index contributed by atoms with van der Waals surface area (Å²) in [5.74, 6) is 0.469. The van der Waals surface area contributed by atoms with Gasteiger partial charge in [-0.1, -0.05) is 23.9 Å². The highest BCUT2D eigenvalue weighted by Gasteiger charge is 2.12. The summed E-state index contributed by atoms with van der Waals surface area (Å²) in [5.41, 5.74) is 0.529. The van der Waals surface area contributed by atoms with Crippen LogP contribution in [0.1, 0.15) is 10.4 Å². The molecule has 1 rings (SSSR count). The van der Waals surface area contributed by atoms with Crippen molar-refractivity contribution in [3.05, 3.63) is 40.1 Å². The minimum absolute atomic E-state index is 0.163. The largest absolute Gasteiger partial charge is 0.611 e. The van der Waals surface area contributed by atoms with Gasteiger partial charge in [-0.3, -0.25) is 4.79 Å². The topological polar surface area (TPSA) is 49.4 Å². The monoisotopic (exact) mass is 270 g/mol. The lowest BCUT2D eigenvalue weighted by atomic mass is 10.1. The zero-order valence-electron chi connectivity index (χ0n) is 9.93. The quantitative estimate of drug-likeness (QED) is 0.468. The lowest BCUT2D eigenvalue weighted by molar-refractivity contribution is 0.104. The highest BCUT2D eigenvalue weighted by atomic mass is 32.3. The molecule has 17 heavy (non-hydrogen) atoms. The van der Waals surface area contributed by atoms with Gasteiger partial charge in [0, 0.05) is 11.6 Å². The molecular weight excluding hydrogens is 256 g/mol. The summed E-state index contributed by atoms with van der Waals surface area (Å²) in [6.45, 7) is 0. The molecule has 92 valence electrons. The van der Waals surface area contributed by atoms with Crippen LogP contribution in [-0.2, 0) is 11.2 Å². The fraction of sp³-hybridized carbons (Fsp3) is 0.250. The Kier molecular flexibility index (Phi) is 5.61. The van der Waals surface area contributed by atoms with Gasteiger partial charge in [0.1, 0.15) is 12.0 Å². The Morgan fingerprint density at radius 2 is 2.24 bits per heavy atom. The number of hydrogen-bond acceptors (Lipinski definition) is 4. The van der Waals surface area contributed by atoms with Gasteiger partial charge in [-0.25, -0.2) is 0 Å². The van der Waals surface area contributed by atoms with Crippen LogP contribution in [0.5, 0.6) is 5.75 Å². The number of ketones is 1. The van der Waals surface area contributed by atoms with Gasteiger partial charge in [0.05, 0.1) is 7.11 Å². The number of allylic oxidation sites excluding steroid dienone is 1. The van der Waals surface area contributed by atoms with E-state index in [2.05, 4.69) is 0 Å². The van der Waals surface area contributed by atoms with Crippen LogP contribution in [0.15, 0.2) is 34.6 Å². The second-order valence-corrected chi connectivity index (χ2v) is 5.67. The summed E-state index contributed by atoms with van der Waals surface area (Å²) >= 11 is 0.187. The molecule has 0 N–H and O–H groups in total. The third-order valence-electron chi connectivity index (χ3n) is 2.09. The number of thioether (sulfide) groups is 1. The molecule has 1 atom stereocenters. The van der Waals surface area contributed by atoms with Crippen molar-refractivity contribution in [3.63, 3.8) is 0 Å². The highest BCUT2D eigenvalue weighted by molar-refractivity contribution is 8.18. The van der Waals surface area contributed by atoms with Crippen molar-refractivity contribution in [1.82, 2.24) is 0 Å². The first-order valence-electron chi connectivity index (χ1n) is 4.86. The average molecular weight is 270 g/mol. The fourth-order valence-corrected chi connectivity index (χ4v) is 2.66. The molecule has 1 aromatic carbocycles. The van der Waals surface area contributed by atoms with E-state index in [-0.39, 0.29) is 5.78 Å². The Labute approximate surface area is 108 Å². The van der Waals surface area contributed by atoms with Crippen molar-refractivity contribution in [3.8, 4) is 5.75 Å². The standard InChI is InChI=1S/C12H14O3S2/c1-15-10-6-4-5-9(7-10)11(13)8-12(16-2)17(3)14/h4-8H,1-3H3. The van der Waals surface area contributed by atoms with Crippen molar-refractivity contribution < 1.29 is 14.1 Å². The van der Waals surface area contributed by atoms with Crippen molar-refractivity contribution in [1.29, 1.82) is 0 Å². The second kappa shape index (κ2) is 6.74. The molecule has 0 saturated carbocycles. The van der Waals surface area contributed by atoms with E-state index in [0.29, 0.717) is 15.6 Å². The number of carbonyl (C=O) groups excluding carboxylic acids is 1. The van der Waals surface area contributed by atoms with E-state index < -0.39 is 11.2 Å². The number of methoxy groups -OCH3 is 1. The number of hydrogen-bond donors (Lipinski definition) is 0. The zero-order chi connectivity index (χ0) is 12.8. The molecule has 0 heterocycles. The maximum Gasteiger partial charge on any atom is 0.191 e. The molecule has 1 aromatic rings. The number of ether oxygens (including phenoxy) is 1. The third kappa shape index (κ3) is 4.11. The lowest BCUT2D eigenvalue weighted by Crippen LogP contribution is -2.02. The minimum atomic E-state index is -1.13. The zero-order valence-corrected chi connectivity index (χ0v) is 11.6. The van der Waals surface area contributed by atoms with Gasteiger partial charge >= 0.3 is 0 Å². The molecule has 0 fully saturated rings. The molecule has 0 radical (unpaired) electrons. The summed E-state index contributed by atoms with van der Waals surface area (Å²) in [6.07, 6.45) is 4.77. The predicted molar refractivity (Wildman–Crippen MR) is 73.0 cm³/mol. The average Bonchev–Trinajstić information content (AvgIpc) is 2.35. The Morgan fingerprint density at radius 1 is 1.53 bits per heavy atom.